The molecular weight excluding hydrogens is 460 g/mol. The largest absolute Gasteiger partial charge is 0.452 e. The molecule has 5 aromatic rings. The van der Waals surface area contributed by atoms with Gasteiger partial charge in [-0.3, -0.25) is 9.97 Å². The molecule has 0 unspecified atom stereocenters. The maximum Gasteiger partial charge on any atom is 0.174 e. The first kappa shape index (κ1) is 19.3. The highest BCUT2D eigenvalue weighted by Gasteiger charge is 2.34. The number of hydrogen-bond acceptors (Lipinski definition) is 6. The molecule has 2 aliphatic heterocycles. The first-order valence-corrected chi connectivity index (χ1v) is 12.1. The van der Waals surface area contributed by atoms with Gasteiger partial charge in [0.2, 0.25) is 0 Å². The molecule has 4 heterocycles. The molecule has 0 bridgehead atoms. The van der Waals surface area contributed by atoms with Crippen LogP contribution in [0.4, 0.5) is 11.4 Å². The van der Waals surface area contributed by atoms with E-state index in [-0.39, 0.29) is 0 Å². The van der Waals surface area contributed by atoms with Gasteiger partial charge >= 0.3 is 0 Å². The van der Waals surface area contributed by atoms with Crippen LogP contribution in [0, 0.1) is 0 Å². The smallest absolute Gasteiger partial charge is 0.174 e. The van der Waals surface area contributed by atoms with Crippen LogP contribution in [0.1, 0.15) is 30.7 Å². The van der Waals surface area contributed by atoms with Crippen molar-refractivity contribution in [1.82, 2.24) is 9.97 Å². The van der Waals surface area contributed by atoms with Gasteiger partial charge in [0.1, 0.15) is 27.1 Å². The number of pyridine rings is 2. The minimum absolute atomic E-state index is 0.315. The van der Waals surface area contributed by atoms with Crippen molar-refractivity contribution >= 4 is 44.8 Å². The highest BCUT2D eigenvalue weighted by atomic mass is 35.5. The molecule has 0 spiro atoms. The Morgan fingerprint density at radius 2 is 1.31 bits per heavy atom. The van der Waals surface area contributed by atoms with E-state index >= 15 is 0 Å². The molecule has 8 rings (SSSR count). The van der Waals surface area contributed by atoms with Crippen LogP contribution in [0.2, 0.25) is 5.02 Å². The lowest BCUT2D eigenvalue weighted by atomic mass is 9.79. The monoisotopic (exact) mass is 476 g/mol. The summed E-state index contributed by atoms with van der Waals surface area (Å²) in [5.74, 6) is 2.89. The van der Waals surface area contributed by atoms with Crippen molar-refractivity contribution in [3.05, 3.63) is 82.2 Å². The van der Waals surface area contributed by atoms with Gasteiger partial charge in [0.25, 0.3) is 0 Å². The van der Waals surface area contributed by atoms with Crippen LogP contribution in [0.25, 0.3) is 21.8 Å². The Balaban J connectivity index is 1.48. The van der Waals surface area contributed by atoms with E-state index < -0.39 is 0 Å². The lowest BCUT2D eigenvalue weighted by molar-refractivity contribution is 0.384. The van der Waals surface area contributed by atoms with Crippen molar-refractivity contribution in [3.63, 3.8) is 0 Å². The van der Waals surface area contributed by atoms with Gasteiger partial charge in [0, 0.05) is 28.7 Å². The predicted molar refractivity (Wildman–Crippen MR) is 133 cm³/mol. The zero-order valence-electron chi connectivity index (χ0n) is 18.5. The van der Waals surface area contributed by atoms with E-state index in [1.54, 1.807) is 12.4 Å². The normalized spacial score (nSPS) is 15.5. The van der Waals surface area contributed by atoms with Crippen molar-refractivity contribution in [1.29, 1.82) is 0 Å². The summed E-state index contributed by atoms with van der Waals surface area (Å²) in [5.41, 5.74) is 4.26. The Morgan fingerprint density at radius 3 is 1.91 bits per heavy atom. The minimum Gasteiger partial charge on any atom is -0.452 e. The number of ether oxygens (including phenoxy) is 2. The van der Waals surface area contributed by atoms with E-state index in [9.17, 15) is 0 Å². The molecule has 2 aromatic heterocycles. The zero-order chi connectivity index (χ0) is 23.1. The number of aromatic nitrogens is 2. The van der Waals surface area contributed by atoms with E-state index in [0.717, 1.165) is 56.9 Å². The summed E-state index contributed by atoms with van der Waals surface area (Å²) in [6.07, 6.45) is 6.86. The van der Waals surface area contributed by atoms with Crippen molar-refractivity contribution in [2.45, 2.75) is 25.2 Å². The van der Waals surface area contributed by atoms with Crippen LogP contribution in [-0.4, -0.2) is 9.97 Å². The van der Waals surface area contributed by atoms with Crippen LogP contribution in [0.5, 0.6) is 23.0 Å². The third kappa shape index (κ3) is 2.66. The van der Waals surface area contributed by atoms with Crippen LogP contribution in [0.15, 0.2) is 70.9 Å². The molecule has 1 saturated carbocycles. The maximum absolute atomic E-state index is 7.00. The molecule has 0 amide bonds. The van der Waals surface area contributed by atoms with Gasteiger partial charge in [-0.15, -0.1) is 0 Å². The van der Waals surface area contributed by atoms with Gasteiger partial charge in [-0.2, -0.15) is 0 Å². The fraction of sp³-hybridized carbons (Fsp3) is 0.143. The molecule has 0 atom stereocenters. The maximum atomic E-state index is 7.00. The molecule has 168 valence electrons. The highest BCUT2D eigenvalue weighted by Crippen LogP contribution is 2.48. The standard InChI is InChI=1S/C28H17ClN4O2/c29-22-26-27(34-19-10-8-18-16(24(19)33-26)7-3-13-31-18)21(14-4-1-5-14)25-28(22)35-20-11-9-17-15(23(20)32-25)6-2-12-30-17/h2-3,6-14H,1,4-5H2. The van der Waals surface area contributed by atoms with E-state index in [4.69, 9.17) is 31.1 Å². The first-order chi connectivity index (χ1) is 17.3. The van der Waals surface area contributed by atoms with Crippen LogP contribution in [-0.2, 0) is 0 Å². The second-order valence-electron chi connectivity index (χ2n) is 9.10. The molecule has 7 heteroatoms. The van der Waals surface area contributed by atoms with Gasteiger partial charge in [-0.05, 0) is 67.3 Å². The lowest BCUT2D eigenvalue weighted by Gasteiger charge is -2.31. The van der Waals surface area contributed by atoms with E-state index in [1.165, 1.54) is 6.42 Å². The van der Waals surface area contributed by atoms with E-state index in [0.29, 0.717) is 39.3 Å². The molecule has 0 radical (unpaired) electrons. The molecule has 6 nitrogen and oxygen atoms in total. The number of hydrogen-bond donors (Lipinski definition) is 0. The molecule has 1 aliphatic carbocycles. The Bertz CT molecular complexity index is 1860. The quantitative estimate of drug-likeness (QED) is 0.261. The Kier molecular flexibility index (Phi) is 3.86. The minimum atomic E-state index is 0.315. The van der Waals surface area contributed by atoms with Gasteiger partial charge in [-0.25, -0.2) is 9.98 Å². The average Bonchev–Trinajstić information content (AvgIpc) is 2.88. The highest BCUT2D eigenvalue weighted by molar-refractivity contribution is 6.32. The summed E-state index contributed by atoms with van der Waals surface area (Å²) < 4.78 is 13.0. The summed E-state index contributed by atoms with van der Waals surface area (Å²) in [5, 5.41) is 3.61. The predicted octanol–water partition coefficient (Wildman–Crippen LogP) is 6.82. The first-order valence-electron chi connectivity index (χ1n) is 11.7. The Hall–Kier alpha value is -4.03. The summed E-state index contributed by atoms with van der Waals surface area (Å²) >= 11 is 7.00. The summed E-state index contributed by atoms with van der Waals surface area (Å²) in [6.45, 7) is 0. The summed E-state index contributed by atoms with van der Waals surface area (Å²) in [4.78, 5) is 19.1. The SMILES string of the molecule is Clc1c2c(c(C3CCC3)c3c1=Nc1c(ccc4ncccc14)O3)=Nc1c(ccc3ncccc13)O2. The van der Waals surface area contributed by atoms with Crippen LogP contribution >= 0.6 is 11.6 Å². The fourth-order valence-corrected chi connectivity index (χ4v) is 5.48. The molecule has 0 N–H and O–H groups in total. The van der Waals surface area contributed by atoms with Crippen LogP contribution in [0.3, 0.4) is 0 Å². The second-order valence-corrected chi connectivity index (χ2v) is 9.48. The lowest BCUT2D eigenvalue weighted by Crippen LogP contribution is -2.29. The van der Waals surface area contributed by atoms with Gasteiger partial charge in [0.05, 0.1) is 11.0 Å². The average molecular weight is 477 g/mol. The molecule has 3 aliphatic rings. The van der Waals surface area contributed by atoms with E-state index in [1.807, 2.05) is 48.5 Å². The van der Waals surface area contributed by atoms with Crippen molar-refractivity contribution in [2.24, 2.45) is 9.98 Å². The summed E-state index contributed by atoms with van der Waals surface area (Å²) in [7, 11) is 0. The topological polar surface area (TPSA) is 69.0 Å². The number of fused-ring (bicyclic) bond motifs is 8. The Labute approximate surface area is 204 Å². The number of halogens is 1. The number of nitrogens with zero attached hydrogens (tertiary/aromatic N) is 4. The Morgan fingerprint density at radius 1 is 0.714 bits per heavy atom. The van der Waals surface area contributed by atoms with Crippen molar-refractivity contribution < 1.29 is 9.47 Å². The number of benzene rings is 3. The fourth-order valence-electron chi connectivity index (χ4n) is 5.22. The van der Waals surface area contributed by atoms with Gasteiger partial charge < -0.3 is 9.47 Å². The summed E-state index contributed by atoms with van der Waals surface area (Å²) in [6, 6.07) is 15.6. The third-order valence-corrected chi connectivity index (χ3v) is 7.51. The van der Waals surface area contributed by atoms with Crippen molar-refractivity contribution in [3.8, 4) is 23.0 Å². The van der Waals surface area contributed by atoms with E-state index in [2.05, 4.69) is 9.97 Å². The van der Waals surface area contributed by atoms with Gasteiger partial charge in [0.15, 0.2) is 23.0 Å². The number of rotatable bonds is 1. The van der Waals surface area contributed by atoms with Crippen LogP contribution < -0.4 is 20.2 Å². The molecule has 35 heavy (non-hydrogen) atoms. The molecule has 0 saturated heterocycles. The van der Waals surface area contributed by atoms with Gasteiger partial charge in [-0.1, -0.05) is 18.0 Å². The second kappa shape index (κ2) is 6.99. The molecule has 1 fully saturated rings. The molecule has 3 aromatic carbocycles. The van der Waals surface area contributed by atoms with Crippen molar-refractivity contribution in [2.75, 3.05) is 0 Å². The third-order valence-electron chi connectivity index (χ3n) is 7.16. The zero-order valence-corrected chi connectivity index (χ0v) is 19.2. The molecular formula is C28H17ClN4O2.